The minimum Gasteiger partial charge on any atom is -0.480 e. The highest BCUT2D eigenvalue weighted by molar-refractivity contribution is 9.10. The Hall–Kier alpha value is -1.58. The Morgan fingerprint density at radius 3 is 2.50 bits per heavy atom. The van der Waals surface area contributed by atoms with Gasteiger partial charge in [0.05, 0.1) is 27.6 Å². The molecule has 186 valence electrons. The molecule has 0 spiro atoms. The van der Waals surface area contributed by atoms with Crippen LogP contribution in [0.1, 0.15) is 44.9 Å². The molecule has 2 aliphatic carbocycles. The molecule has 9 heteroatoms. The van der Waals surface area contributed by atoms with E-state index in [4.69, 9.17) is 0 Å². The van der Waals surface area contributed by atoms with E-state index in [0.717, 1.165) is 61.0 Å². The number of aromatic nitrogens is 1. The lowest BCUT2D eigenvalue weighted by molar-refractivity contribution is -0.138. The molecule has 0 radical (unpaired) electrons. The number of carbonyl (C=O) groups is 1. The first-order valence-electron chi connectivity index (χ1n) is 12.0. The van der Waals surface area contributed by atoms with Crippen LogP contribution < -0.4 is 10.2 Å². The van der Waals surface area contributed by atoms with Gasteiger partial charge in [-0.3, -0.25) is 4.98 Å². The van der Waals surface area contributed by atoms with E-state index in [1.807, 2.05) is 6.26 Å². The number of fused-ring (bicyclic) bond motifs is 1. The van der Waals surface area contributed by atoms with Crippen LogP contribution in [0.25, 0.3) is 10.9 Å². The fourth-order valence-corrected chi connectivity index (χ4v) is 5.85. The van der Waals surface area contributed by atoms with E-state index >= 15 is 0 Å². The molecule has 2 aromatic rings. The Morgan fingerprint density at radius 2 is 1.91 bits per heavy atom. The van der Waals surface area contributed by atoms with Gasteiger partial charge in [-0.2, -0.15) is 11.8 Å². The molecule has 0 aliphatic heterocycles. The van der Waals surface area contributed by atoms with E-state index < -0.39 is 12.0 Å². The third-order valence-corrected chi connectivity index (χ3v) is 8.35. The molecule has 0 amide bonds. The van der Waals surface area contributed by atoms with E-state index in [1.54, 1.807) is 24.0 Å². The van der Waals surface area contributed by atoms with Gasteiger partial charge in [0.25, 0.3) is 0 Å². The number of nitrogens with one attached hydrogen (secondary N) is 1. The summed E-state index contributed by atoms with van der Waals surface area (Å²) in [6.45, 7) is 0. The van der Waals surface area contributed by atoms with Gasteiger partial charge in [0.15, 0.2) is 0 Å². The SMILES string of the molecule is CSCC[C@@H](C(=O)O)N(c1cnc2cc(F)c(Br)cc2c1NC1CCC(N(C)C)CC1)C1CC1. The molecule has 4 rings (SSSR count). The molecule has 6 nitrogen and oxygen atoms in total. The molecule has 2 fully saturated rings. The standard InChI is InChI=1S/C25H34BrFN4O2S/c1-30(2)16-6-4-15(5-7-16)29-24-18-12-19(26)20(27)13-21(18)28-14-23(24)31(17-8-9-17)22(25(32)33)10-11-34-3/h12-17,22H,4-11H2,1-3H3,(H,28,29)(H,32,33)/t15?,16?,22-/m0/s1. The van der Waals surface area contributed by atoms with Crippen molar-refractivity contribution in [3.8, 4) is 0 Å². The van der Waals surface area contributed by atoms with Gasteiger partial charge in [0.1, 0.15) is 11.9 Å². The number of anilines is 2. The zero-order valence-corrected chi connectivity index (χ0v) is 22.5. The summed E-state index contributed by atoms with van der Waals surface area (Å²) in [6, 6.07) is 3.66. The predicted molar refractivity (Wildman–Crippen MR) is 143 cm³/mol. The maximum absolute atomic E-state index is 14.3. The predicted octanol–water partition coefficient (Wildman–Crippen LogP) is 5.60. The summed E-state index contributed by atoms with van der Waals surface area (Å²) in [5.41, 5.74) is 2.26. The number of carboxylic acids is 1. The Labute approximate surface area is 213 Å². The largest absolute Gasteiger partial charge is 0.480 e. The molecule has 0 bridgehead atoms. The summed E-state index contributed by atoms with van der Waals surface area (Å²) < 4.78 is 14.7. The summed E-state index contributed by atoms with van der Waals surface area (Å²) in [7, 11) is 4.26. The third kappa shape index (κ3) is 5.62. The second-order valence-corrected chi connectivity index (χ2v) is 11.5. The summed E-state index contributed by atoms with van der Waals surface area (Å²) in [4.78, 5) is 21.3. The number of carboxylic acid groups (broad SMARTS) is 1. The Balaban J connectivity index is 1.76. The van der Waals surface area contributed by atoms with Crippen LogP contribution in [-0.4, -0.2) is 71.2 Å². The van der Waals surface area contributed by atoms with Crippen molar-refractivity contribution in [2.45, 2.75) is 69.1 Å². The smallest absolute Gasteiger partial charge is 0.326 e. The maximum Gasteiger partial charge on any atom is 0.326 e. The van der Waals surface area contributed by atoms with Gasteiger partial charge < -0.3 is 20.2 Å². The first-order valence-corrected chi connectivity index (χ1v) is 14.2. The van der Waals surface area contributed by atoms with Crippen LogP contribution in [-0.2, 0) is 4.79 Å². The highest BCUT2D eigenvalue weighted by Gasteiger charge is 2.39. The van der Waals surface area contributed by atoms with Crippen molar-refractivity contribution in [2.24, 2.45) is 0 Å². The fraction of sp³-hybridized carbons (Fsp3) is 0.600. The third-order valence-electron chi connectivity index (χ3n) is 7.10. The number of rotatable bonds is 10. The molecule has 1 heterocycles. The number of nitrogens with zero attached hydrogens (tertiary/aromatic N) is 3. The van der Waals surface area contributed by atoms with E-state index in [-0.39, 0.29) is 17.9 Å². The minimum atomic E-state index is -0.807. The maximum atomic E-state index is 14.3. The van der Waals surface area contributed by atoms with E-state index in [0.29, 0.717) is 22.5 Å². The average molecular weight is 554 g/mol. The number of hydrogen-bond acceptors (Lipinski definition) is 6. The summed E-state index contributed by atoms with van der Waals surface area (Å²) in [6.07, 6.45) is 10.5. The van der Waals surface area contributed by atoms with Crippen LogP contribution in [0, 0.1) is 5.82 Å². The number of aliphatic carboxylic acids is 1. The van der Waals surface area contributed by atoms with Gasteiger partial charge in [0.2, 0.25) is 0 Å². The Bertz CT molecular complexity index is 1030. The lowest BCUT2D eigenvalue weighted by Crippen LogP contribution is -2.44. The van der Waals surface area contributed by atoms with Crippen molar-refractivity contribution in [1.82, 2.24) is 9.88 Å². The highest BCUT2D eigenvalue weighted by atomic mass is 79.9. The molecule has 0 unspecified atom stereocenters. The topological polar surface area (TPSA) is 68.7 Å². The number of benzene rings is 1. The van der Waals surface area contributed by atoms with Gasteiger partial charge in [0, 0.05) is 29.6 Å². The van der Waals surface area contributed by atoms with Crippen molar-refractivity contribution >= 4 is 55.9 Å². The molecule has 1 aromatic heterocycles. The molecule has 1 aromatic carbocycles. The molecule has 0 saturated heterocycles. The highest BCUT2D eigenvalue weighted by Crippen LogP contribution is 2.43. The molecular weight excluding hydrogens is 519 g/mol. The molecule has 2 saturated carbocycles. The van der Waals surface area contributed by atoms with Crippen molar-refractivity contribution < 1.29 is 14.3 Å². The van der Waals surface area contributed by atoms with Crippen molar-refractivity contribution in [2.75, 3.05) is 36.3 Å². The number of hydrogen-bond donors (Lipinski definition) is 2. The van der Waals surface area contributed by atoms with Crippen LogP contribution in [0.15, 0.2) is 22.8 Å². The lowest BCUT2D eigenvalue weighted by atomic mass is 9.90. The first-order chi connectivity index (χ1) is 16.3. The van der Waals surface area contributed by atoms with Crippen molar-refractivity contribution in [3.63, 3.8) is 0 Å². The first kappa shape index (κ1) is 25.5. The van der Waals surface area contributed by atoms with Gasteiger partial charge in [-0.1, -0.05) is 0 Å². The molecule has 34 heavy (non-hydrogen) atoms. The Morgan fingerprint density at radius 1 is 1.24 bits per heavy atom. The van der Waals surface area contributed by atoms with Crippen LogP contribution in [0.4, 0.5) is 15.8 Å². The normalized spacial score (nSPS) is 21.6. The summed E-state index contributed by atoms with van der Waals surface area (Å²) >= 11 is 5.00. The zero-order chi connectivity index (χ0) is 24.4. The summed E-state index contributed by atoms with van der Waals surface area (Å²) in [5, 5.41) is 14.7. The van der Waals surface area contributed by atoms with Crippen LogP contribution in [0.5, 0.6) is 0 Å². The molecule has 2 aliphatic rings. The van der Waals surface area contributed by atoms with E-state index in [9.17, 15) is 14.3 Å². The monoisotopic (exact) mass is 552 g/mol. The number of halogens is 2. The van der Waals surface area contributed by atoms with Gasteiger partial charge in [-0.15, -0.1) is 0 Å². The van der Waals surface area contributed by atoms with Crippen LogP contribution in [0.3, 0.4) is 0 Å². The van der Waals surface area contributed by atoms with Crippen molar-refractivity contribution in [3.05, 3.63) is 28.6 Å². The second kappa shape index (κ2) is 11.0. The zero-order valence-electron chi connectivity index (χ0n) is 20.1. The van der Waals surface area contributed by atoms with Crippen LogP contribution in [0.2, 0.25) is 0 Å². The van der Waals surface area contributed by atoms with Gasteiger partial charge in [-0.05, 0) is 93.0 Å². The minimum absolute atomic E-state index is 0.191. The number of pyridine rings is 1. The van der Waals surface area contributed by atoms with Gasteiger partial charge >= 0.3 is 5.97 Å². The average Bonchev–Trinajstić information content (AvgIpc) is 3.64. The number of thioether (sulfide) groups is 1. The van der Waals surface area contributed by atoms with E-state index in [1.165, 1.54) is 6.07 Å². The van der Waals surface area contributed by atoms with Crippen molar-refractivity contribution in [1.29, 1.82) is 0 Å². The molecular formula is C25H34BrFN4O2S. The summed E-state index contributed by atoms with van der Waals surface area (Å²) in [5.74, 6) is -0.388. The van der Waals surface area contributed by atoms with Gasteiger partial charge in [-0.25, -0.2) is 9.18 Å². The lowest BCUT2D eigenvalue weighted by Gasteiger charge is -2.36. The second-order valence-electron chi connectivity index (χ2n) is 9.69. The molecule has 1 atom stereocenters. The van der Waals surface area contributed by atoms with E-state index in [2.05, 4.69) is 50.1 Å². The van der Waals surface area contributed by atoms with Crippen LogP contribution >= 0.6 is 27.7 Å². The molecule has 2 N–H and O–H groups in total. The quantitative estimate of drug-likeness (QED) is 0.397. The Kier molecular flexibility index (Phi) is 8.25. The fourth-order valence-electron chi connectivity index (χ4n) is 5.05.